The Bertz CT molecular complexity index is 1230. The minimum Gasteiger partial charge on any atom is -0.304 e. The summed E-state index contributed by atoms with van der Waals surface area (Å²) in [7, 11) is 0. The molecule has 4 rings (SSSR count). The quantitative estimate of drug-likeness (QED) is 0.469. The van der Waals surface area contributed by atoms with Gasteiger partial charge in [-0.3, -0.25) is 14.2 Å². The highest BCUT2D eigenvalue weighted by Crippen LogP contribution is 2.21. The summed E-state index contributed by atoms with van der Waals surface area (Å²) in [5.41, 5.74) is 4.06. The standard InChI is InChI=1S/C23H21ClFN5O/c1-15-11-16(2)30(27-15)12-17-7-9-18(10-8-17)23(31)26-22-20(24)14-29(28-22)13-19-5-3-4-6-21(19)25/h3-11,14H,12-13H2,1-2H3,(H,26,28,31). The number of nitrogens with zero attached hydrogens (tertiary/aromatic N) is 4. The van der Waals surface area contributed by atoms with E-state index in [9.17, 15) is 9.18 Å². The average Bonchev–Trinajstić information content (AvgIpc) is 3.24. The number of nitrogens with one attached hydrogen (secondary N) is 1. The Labute approximate surface area is 184 Å². The molecule has 6 nitrogen and oxygen atoms in total. The number of carbonyl (C=O) groups is 1. The summed E-state index contributed by atoms with van der Waals surface area (Å²) in [4.78, 5) is 12.6. The van der Waals surface area contributed by atoms with Gasteiger partial charge in [-0.15, -0.1) is 0 Å². The van der Waals surface area contributed by atoms with Crippen LogP contribution in [0.5, 0.6) is 0 Å². The summed E-state index contributed by atoms with van der Waals surface area (Å²) >= 11 is 6.21. The van der Waals surface area contributed by atoms with Crippen LogP contribution in [0.4, 0.5) is 10.2 Å². The number of aromatic nitrogens is 4. The van der Waals surface area contributed by atoms with Gasteiger partial charge in [-0.2, -0.15) is 10.2 Å². The first kappa shape index (κ1) is 20.8. The number of benzene rings is 2. The molecule has 2 heterocycles. The average molecular weight is 438 g/mol. The van der Waals surface area contributed by atoms with Gasteiger partial charge in [-0.1, -0.05) is 41.9 Å². The van der Waals surface area contributed by atoms with E-state index in [0.717, 1.165) is 17.0 Å². The summed E-state index contributed by atoms with van der Waals surface area (Å²) < 4.78 is 17.3. The second kappa shape index (κ2) is 8.73. The number of aryl methyl sites for hydroxylation is 2. The number of halogens is 2. The third kappa shape index (κ3) is 4.83. The molecule has 0 saturated carbocycles. The lowest BCUT2D eigenvalue weighted by Crippen LogP contribution is -2.13. The van der Waals surface area contributed by atoms with Crippen molar-refractivity contribution in [2.24, 2.45) is 0 Å². The van der Waals surface area contributed by atoms with Gasteiger partial charge in [0.2, 0.25) is 0 Å². The molecule has 0 radical (unpaired) electrons. The summed E-state index contributed by atoms with van der Waals surface area (Å²) in [5, 5.41) is 11.7. The van der Waals surface area contributed by atoms with Crippen molar-refractivity contribution in [2.45, 2.75) is 26.9 Å². The molecule has 0 spiro atoms. The van der Waals surface area contributed by atoms with Gasteiger partial charge in [0, 0.05) is 23.0 Å². The molecule has 0 atom stereocenters. The SMILES string of the molecule is Cc1cc(C)n(Cc2ccc(C(=O)Nc3nn(Cc4ccccc4F)cc3Cl)cc2)n1. The number of amides is 1. The van der Waals surface area contributed by atoms with Crippen molar-refractivity contribution in [3.05, 3.63) is 99.7 Å². The Kier molecular flexibility index (Phi) is 5.86. The van der Waals surface area contributed by atoms with Gasteiger partial charge in [-0.25, -0.2) is 4.39 Å². The van der Waals surface area contributed by atoms with E-state index < -0.39 is 0 Å². The van der Waals surface area contributed by atoms with E-state index >= 15 is 0 Å². The van der Waals surface area contributed by atoms with Crippen molar-refractivity contribution in [1.29, 1.82) is 0 Å². The minimum atomic E-state index is -0.323. The van der Waals surface area contributed by atoms with Crippen LogP contribution < -0.4 is 5.32 Å². The lowest BCUT2D eigenvalue weighted by Gasteiger charge is -2.07. The van der Waals surface area contributed by atoms with Crippen LogP contribution in [-0.4, -0.2) is 25.5 Å². The normalized spacial score (nSPS) is 11.0. The Balaban J connectivity index is 1.43. The van der Waals surface area contributed by atoms with Crippen molar-refractivity contribution >= 4 is 23.3 Å². The number of carbonyl (C=O) groups excluding carboxylic acids is 1. The fourth-order valence-electron chi connectivity index (χ4n) is 3.31. The molecule has 1 N–H and O–H groups in total. The lowest BCUT2D eigenvalue weighted by atomic mass is 10.1. The van der Waals surface area contributed by atoms with Crippen molar-refractivity contribution in [3.8, 4) is 0 Å². The second-order valence-corrected chi connectivity index (χ2v) is 7.76. The van der Waals surface area contributed by atoms with E-state index in [1.807, 2.05) is 36.7 Å². The van der Waals surface area contributed by atoms with Gasteiger partial charge in [-0.05, 0) is 43.7 Å². The maximum absolute atomic E-state index is 13.9. The second-order valence-electron chi connectivity index (χ2n) is 7.35. The molecular formula is C23H21ClFN5O. The smallest absolute Gasteiger partial charge is 0.256 e. The third-order valence-electron chi connectivity index (χ3n) is 4.89. The van der Waals surface area contributed by atoms with Crippen LogP contribution in [0.1, 0.15) is 32.9 Å². The van der Waals surface area contributed by atoms with Crippen molar-refractivity contribution < 1.29 is 9.18 Å². The van der Waals surface area contributed by atoms with Crippen LogP contribution in [0, 0.1) is 19.7 Å². The fraction of sp³-hybridized carbons (Fsp3) is 0.174. The van der Waals surface area contributed by atoms with Crippen molar-refractivity contribution in [2.75, 3.05) is 5.32 Å². The molecule has 0 bridgehead atoms. The van der Waals surface area contributed by atoms with Crippen LogP contribution in [-0.2, 0) is 13.1 Å². The number of hydrogen-bond acceptors (Lipinski definition) is 3. The maximum Gasteiger partial charge on any atom is 0.256 e. The summed E-state index contributed by atoms with van der Waals surface area (Å²) in [6.45, 7) is 4.81. The highest BCUT2D eigenvalue weighted by atomic mass is 35.5. The molecule has 0 unspecified atom stereocenters. The number of hydrogen-bond donors (Lipinski definition) is 1. The summed E-state index contributed by atoms with van der Waals surface area (Å²) in [5.74, 6) is -0.411. The molecule has 8 heteroatoms. The lowest BCUT2D eigenvalue weighted by molar-refractivity contribution is 0.102. The van der Waals surface area contributed by atoms with E-state index in [-0.39, 0.29) is 29.1 Å². The monoisotopic (exact) mass is 437 g/mol. The van der Waals surface area contributed by atoms with Crippen LogP contribution >= 0.6 is 11.6 Å². The van der Waals surface area contributed by atoms with Crippen molar-refractivity contribution in [3.63, 3.8) is 0 Å². The highest BCUT2D eigenvalue weighted by molar-refractivity contribution is 6.33. The first-order valence-electron chi connectivity index (χ1n) is 9.77. The largest absolute Gasteiger partial charge is 0.304 e. The van der Waals surface area contributed by atoms with Gasteiger partial charge in [0.15, 0.2) is 5.82 Å². The molecule has 158 valence electrons. The number of anilines is 1. The van der Waals surface area contributed by atoms with E-state index in [1.165, 1.54) is 10.7 Å². The van der Waals surface area contributed by atoms with Crippen molar-refractivity contribution in [1.82, 2.24) is 19.6 Å². The zero-order valence-electron chi connectivity index (χ0n) is 17.1. The van der Waals surface area contributed by atoms with E-state index in [2.05, 4.69) is 15.5 Å². The van der Waals surface area contributed by atoms with Crippen LogP contribution in [0.2, 0.25) is 5.02 Å². The molecule has 31 heavy (non-hydrogen) atoms. The van der Waals surface area contributed by atoms with Crippen LogP contribution in [0.3, 0.4) is 0 Å². The molecule has 0 aliphatic heterocycles. The topological polar surface area (TPSA) is 64.7 Å². The molecule has 2 aromatic carbocycles. The van der Waals surface area contributed by atoms with Gasteiger partial charge in [0.25, 0.3) is 5.91 Å². The minimum absolute atomic E-state index is 0.212. The Morgan fingerprint density at radius 3 is 2.48 bits per heavy atom. The zero-order valence-corrected chi connectivity index (χ0v) is 17.9. The summed E-state index contributed by atoms with van der Waals surface area (Å²) in [6, 6.07) is 15.8. The molecule has 0 fully saturated rings. The molecule has 4 aromatic rings. The Morgan fingerprint density at radius 1 is 1.06 bits per heavy atom. The van der Waals surface area contributed by atoms with Gasteiger partial charge in [0.1, 0.15) is 10.8 Å². The third-order valence-corrected chi connectivity index (χ3v) is 5.17. The fourth-order valence-corrected chi connectivity index (χ4v) is 3.51. The first-order chi connectivity index (χ1) is 14.9. The molecule has 0 aliphatic carbocycles. The molecule has 2 aromatic heterocycles. The molecule has 0 saturated heterocycles. The first-order valence-corrected chi connectivity index (χ1v) is 10.1. The van der Waals surface area contributed by atoms with Gasteiger partial charge >= 0.3 is 0 Å². The van der Waals surface area contributed by atoms with Gasteiger partial charge in [0.05, 0.1) is 18.8 Å². The highest BCUT2D eigenvalue weighted by Gasteiger charge is 2.14. The Hall–Kier alpha value is -3.45. The maximum atomic E-state index is 13.9. The van der Waals surface area contributed by atoms with Crippen LogP contribution in [0.25, 0.3) is 0 Å². The van der Waals surface area contributed by atoms with Gasteiger partial charge < -0.3 is 5.32 Å². The molecular weight excluding hydrogens is 417 g/mol. The zero-order chi connectivity index (χ0) is 22.0. The number of rotatable bonds is 6. The van der Waals surface area contributed by atoms with E-state index in [4.69, 9.17) is 11.6 Å². The summed E-state index contributed by atoms with van der Waals surface area (Å²) in [6.07, 6.45) is 1.56. The molecule has 0 aliphatic rings. The van der Waals surface area contributed by atoms with Crippen LogP contribution in [0.15, 0.2) is 60.8 Å². The molecule has 1 amide bonds. The predicted molar refractivity (Wildman–Crippen MR) is 118 cm³/mol. The van der Waals surface area contributed by atoms with E-state index in [0.29, 0.717) is 17.7 Å². The predicted octanol–water partition coefficient (Wildman–Crippen LogP) is 4.84. The Morgan fingerprint density at radius 2 is 1.81 bits per heavy atom. The van der Waals surface area contributed by atoms with E-state index in [1.54, 1.807) is 36.5 Å².